The number of hydrogen-bond acceptors (Lipinski definition) is 4. The predicted molar refractivity (Wildman–Crippen MR) is 127 cm³/mol. The summed E-state index contributed by atoms with van der Waals surface area (Å²) in [6.07, 6.45) is -1.21. The summed E-state index contributed by atoms with van der Waals surface area (Å²) >= 11 is 1.34. The van der Waals surface area contributed by atoms with E-state index in [0.29, 0.717) is 27.1 Å². The number of carboxylic acid groups (broad SMARTS) is 1. The SMILES string of the molecule is COc1cc(C)c2[nH]c(=O)c3sccc3c2c1-c1ccc(N(CC(C)C)C(=O)O)c(F)c1. The van der Waals surface area contributed by atoms with E-state index in [2.05, 4.69) is 4.98 Å². The summed E-state index contributed by atoms with van der Waals surface area (Å²) in [4.78, 5) is 28.2. The molecule has 2 heterocycles. The maximum atomic E-state index is 15.2. The fourth-order valence-corrected chi connectivity index (χ4v) is 4.84. The molecule has 2 aromatic carbocycles. The van der Waals surface area contributed by atoms with Crippen LogP contribution in [0.1, 0.15) is 19.4 Å². The molecule has 4 rings (SSSR count). The molecule has 0 bridgehead atoms. The van der Waals surface area contributed by atoms with Crippen LogP contribution in [0.2, 0.25) is 0 Å². The van der Waals surface area contributed by atoms with Crippen LogP contribution in [0.15, 0.2) is 40.5 Å². The van der Waals surface area contributed by atoms with Gasteiger partial charge in [-0.15, -0.1) is 11.3 Å². The van der Waals surface area contributed by atoms with Crippen LogP contribution in [0.25, 0.3) is 32.1 Å². The Kier molecular flexibility index (Phi) is 5.64. The van der Waals surface area contributed by atoms with E-state index >= 15 is 4.39 Å². The molecule has 2 aromatic heterocycles. The van der Waals surface area contributed by atoms with Gasteiger partial charge in [0.1, 0.15) is 16.3 Å². The number of rotatable bonds is 5. The lowest BCUT2D eigenvalue weighted by molar-refractivity contribution is 0.200. The topological polar surface area (TPSA) is 82.6 Å². The van der Waals surface area contributed by atoms with Crippen molar-refractivity contribution >= 4 is 44.1 Å². The zero-order valence-electron chi connectivity index (χ0n) is 18.2. The Labute approximate surface area is 187 Å². The number of anilines is 1. The number of nitrogens with zero attached hydrogens (tertiary/aromatic N) is 1. The van der Waals surface area contributed by atoms with Crippen molar-refractivity contribution in [3.63, 3.8) is 0 Å². The highest BCUT2D eigenvalue weighted by molar-refractivity contribution is 7.17. The Morgan fingerprint density at radius 3 is 2.66 bits per heavy atom. The minimum Gasteiger partial charge on any atom is -0.496 e. The Hall–Kier alpha value is -3.39. The molecule has 166 valence electrons. The third-order valence-corrected chi connectivity index (χ3v) is 6.31. The van der Waals surface area contributed by atoms with Crippen LogP contribution >= 0.6 is 11.3 Å². The second-order valence-electron chi connectivity index (χ2n) is 8.09. The summed E-state index contributed by atoms with van der Waals surface area (Å²) in [7, 11) is 1.54. The van der Waals surface area contributed by atoms with Crippen molar-refractivity contribution < 1.29 is 19.0 Å². The quantitative estimate of drug-likeness (QED) is 0.387. The van der Waals surface area contributed by atoms with Crippen LogP contribution in [0.5, 0.6) is 5.75 Å². The number of halogens is 1. The maximum Gasteiger partial charge on any atom is 0.411 e. The molecule has 0 aliphatic heterocycles. The van der Waals surface area contributed by atoms with Gasteiger partial charge in [0, 0.05) is 22.9 Å². The monoisotopic (exact) mass is 454 g/mol. The fraction of sp³-hybridized carbons (Fsp3) is 0.250. The van der Waals surface area contributed by atoms with Crippen LogP contribution in [0.4, 0.5) is 14.9 Å². The number of pyridine rings is 1. The highest BCUT2D eigenvalue weighted by Gasteiger charge is 2.22. The Morgan fingerprint density at radius 2 is 2.03 bits per heavy atom. The molecule has 1 amide bonds. The third kappa shape index (κ3) is 3.60. The first-order valence-corrected chi connectivity index (χ1v) is 11.0. The molecule has 0 saturated heterocycles. The Balaban J connectivity index is 2.00. The number of thiophene rings is 1. The number of benzene rings is 2. The second-order valence-corrected chi connectivity index (χ2v) is 9.01. The lowest BCUT2D eigenvalue weighted by Crippen LogP contribution is -2.33. The molecule has 0 atom stereocenters. The number of aromatic nitrogens is 1. The number of ether oxygens (including phenoxy) is 1. The van der Waals surface area contributed by atoms with Gasteiger partial charge in [0.05, 0.1) is 18.3 Å². The number of hydrogen-bond donors (Lipinski definition) is 2. The average Bonchev–Trinajstić information content (AvgIpc) is 3.23. The number of fused-ring (bicyclic) bond motifs is 3. The molecule has 2 N–H and O–H groups in total. The summed E-state index contributed by atoms with van der Waals surface area (Å²) in [5, 5.41) is 12.9. The predicted octanol–water partition coefficient (Wildman–Crippen LogP) is 6.01. The Morgan fingerprint density at radius 1 is 1.28 bits per heavy atom. The third-order valence-electron chi connectivity index (χ3n) is 5.39. The van der Waals surface area contributed by atoms with E-state index in [-0.39, 0.29) is 23.7 Å². The molecule has 8 heteroatoms. The second kappa shape index (κ2) is 8.27. The number of methoxy groups -OCH3 is 1. The number of nitrogens with one attached hydrogen (secondary N) is 1. The van der Waals surface area contributed by atoms with E-state index in [4.69, 9.17) is 4.74 Å². The lowest BCUT2D eigenvalue weighted by Gasteiger charge is -2.22. The van der Waals surface area contributed by atoms with E-state index in [1.165, 1.54) is 23.5 Å². The normalized spacial score (nSPS) is 11.4. The molecule has 0 fully saturated rings. The summed E-state index contributed by atoms with van der Waals surface area (Å²) in [6, 6.07) is 8.16. The van der Waals surface area contributed by atoms with Crippen LogP contribution in [-0.4, -0.2) is 29.8 Å². The van der Waals surface area contributed by atoms with Crippen molar-refractivity contribution in [3.05, 3.63) is 57.4 Å². The minimum absolute atomic E-state index is 0.000536. The zero-order chi connectivity index (χ0) is 23.2. The first-order chi connectivity index (χ1) is 15.2. The van der Waals surface area contributed by atoms with E-state index < -0.39 is 11.9 Å². The molecule has 0 aliphatic rings. The summed E-state index contributed by atoms with van der Waals surface area (Å²) in [5.41, 5.74) is 2.49. The van der Waals surface area contributed by atoms with Gasteiger partial charge in [0.15, 0.2) is 0 Å². The minimum atomic E-state index is -1.21. The van der Waals surface area contributed by atoms with Gasteiger partial charge in [-0.2, -0.15) is 0 Å². The average molecular weight is 455 g/mol. The van der Waals surface area contributed by atoms with E-state index in [0.717, 1.165) is 21.2 Å². The summed E-state index contributed by atoms with van der Waals surface area (Å²) in [6.45, 7) is 5.80. The van der Waals surface area contributed by atoms with Gasteiger partial charge < -0.3 is 14.8 Å². The molecule has 32 heavy (non-hydrogen) atoms. The van der Waals surface area contributed by atoms with Crippen molar-refractivity contribution in [3.8, 4) is 16.9 Å². The number of amides is 1. The van der Waals surface area contributed by atoms with Gasteiger partial charge in [0.2, 0.25) is 0 Å². The number of carbonyl (C=O) groups is 1. The van der Waals surface area contributed by atoms with Gasteiger partial charge in [-0.1, -0.05) is 19.9 Å². The van der Waals surface area contributed by atoms with Gasteiger partial charge in [-0.25, -0.2) is 9.18 Å². The Bertz CT molecular complexity index is 1410. The first kappa shape index (κ1) is 21.8. The lowest BCUT2D eigenvalue weighted by atomic mass is 9.94. The molecule has 0 saturated carbocycles. The molecule has 6 nitrogen and oxygen atoms in total. The van der Waals surface area contributed by atoms with Crippen LogP contribution in [0, 0.1) is 18.7 Å². The molecule has 4 aromatic rings. The van der Waals surface area contributed by atoms with Crippen molar-refractivity contribution in [1.29, 1.82) is 0 Å². The van der Waals surface area contributed by atoms with E-state index in [9.17, 15) is 14.7 Å². The molecule has 0 spiro atoms. The molecular formula is C24H23FN2O4S. The van der Waals surface area contributed by atoms with Crippen LogP contribution < -0.4 is 15.2 Å². The zero-order valence-corrected chi connectivity index (χ0v) is 19.0. The largest absolute Gasteiger partial charge is 0.496 e. The molecular weight excluding hydrogens is 431 g/mol. The van der Waals surface area contributed by atoms with Crippen molar-refractivity contribution in [1.82, 2.24) is 4.98 Å². The molecule has 0 radical (unpaired) electrons. The highest BCUT2D eigenvalue weighted by Crippen LogP contribution is 2.42. The molecule has 0 aliphatic carbocycles. The smallest absolute Gasteiger partial charge is 0.411 e. The number of aromatic amines is 1. The van der Waals surface area contributed by atoms with E-state index in [1.54, 1.807) is 19.2 Å². The van der Waals surface area contributed by atoms with Crippen LogP contribution in [0.3, 0.4) is 0 Å². The van der Waals surface area contributed by atoms with Gasteiger partial charge in [0.25, 0.3) is 5.56 Å². The van der Waals surface area contributed by atoms with E-state index in [1.807, 2.05) is 32.2 Å². The highest BCUT2D eigenvalue weighted by atomic mass is 32.1. The fourth-order valence-electron chi connectivity index (χ4n) is 4.04. The van der Waals surface area contributed by atoms with Gasteiger partial charge in [-0.3, -0.25) is 9.69 Å². The van der Waals surface area contributed by atoms with Crippen molar-refractivity contribution in [2.24, 2.45) is 5.92 Å². The number of aryl methyl sites for hydroxylation is 1. The van der Waals surface area contributed by atoms with Crippen molar-refractivity contribution in [2.75, 3.05) is 18.6 Å². The van der Waals surface area contributed by atoms with Crippen molar-refractivity contribution in [2.45, 2.75) is 20.8 Å². The first-order valence-electron chi connectivity index (χ1n) is 10.1. The standard InChI is InChI=1S/C24H23FN2O4S/c1-12(2)11-27(24(29)30)17-6-5-14(10-16(17)25)19-18(31-4)9-13(3)21-20(19)15-7-8-32-22(15)23(28)26-21/h5-10,12H,11H2,1-4H3,(H,26,28)(H,29,30). The van der Waals surface area contributed by atoms with Gasteiger partial charge >= 0.3 is 6.09 Å². The van der Waals surface area contributed by atoms with Gasteiger partial charge in [-0.05, 0) is 53.6 Å². The summed E-state index contributed by atoms with van der Waals surface area (Å²) < 4.78 is 21.4. The number of H-pyrrole nitrogens is 1. The van der Waals surface area contributed by atoms with Crippen LogP contribution in [-0.2, 0) is 0 Å². The maximum absolute atomic E-state index is 15.2. The summed E-state index contributed by atoms with van der Waals surface area (Å²) in [5.74, 6) is -0.0682. The molecule has 0 unspecified atom stereocenters.